The number of carbonyl (C=O) groups is 1. The van der Waals surface area contributed by atoms with Crippen molar-refractivity contribution >= 4 is 23.1 Å². The summed E-state index contributed by atoms with van der Waals surface area (Å²) < 4.78 is 39.4. The Morgan fingerprint density at radius 3 is 2.72 bits per heavy atom. The number of hydrogen-bond donors (Lipinski definition) is 2. The Bertz CT molecular complexity index is 1150. The van der Waals surface area contributed by atoms with Crippen molar-refractivity contribution in [3.05, 3.63) is 64.9 Å². The molecular formula is C18H13F3N6OS. The van der Waals surface area contributed by atoms with Crippen LogP contribution in [0.2, 0.25) is 0 Å². The molecule has 7 nitrogen and oxygen atoms in total. The number of H-pyrrole nitrogens is 1. The maximum atomic E-state index is 12.7. The van der Waals surface area contributed by atoms with Crippen LogP contribution in [0.25, 0.3) is 16.4 Å². The number of aromatic nitrogens is 5. The van der Waals surface area contributed by atoms with Gasteiger partial charge in [-0.25, -0.2) is 9.67 Å². The quantitative estimate of drug-likeness (QED) is 0.517. The first-order valence-electron chi connectivity index (χ1n) is 8.32. The molecule has 0 unspecified atom stereocenters. The first-order chi connectivity index (χ1) is 13.8. The molecule has 4 heterocycles. The number of halogens is 3. The molecule has 148 valence electrons. The van der Waals surface area contributed by atoms with Gasteiger partial charge in [-0.3, -0.25) is 9.89 Å². The molecule has 29 heavy (non-hydrogen) atoms. The first-order valence-corrected chi connectivity index (χ1v) is 9.20. The van der Waals surface area contributed by atoms with Crippen LogP contribution in [0.4, 0.5) is 19.0 Å². The van der Waals surface area contributed by atoms with E-state index in [2.05, 4.69) is 25.6 Å². The molecule has 4 rings (SSSR count). The molecule has 0 saturated carbocycles. The molecule has 0 aliphatic rings. The van der Waals surface area contributed by atoms with Gasteiger partial charge in [0.25, 0.3) is 5.91 Å². The molecule has 0 aromatic carbocycles. The third kappa shape index (κ3) is 3.76. The molecule has 0 aliphatic carbocycles. The van der Waals surface area contributed by atoms with E-state index in [4.69, 9.17) is 0 Å². The number of nitrogens with zero attached hydrogens (tertiary/aromatic N) is 4. The molecule has 0 spiro atoms. The van der Waals surface area contributed by atoms with E-state index < -0.39 is 17.6 Å². The van der Waals surface area contributed by atoms with Gasteiger partial charge in [0.1, 0.15) is 0 Å². The maximum absolute atomic E-state index is 12.7. The lowest BCUT2D eigenvalue weighted by Crippen LogP contribution is -2.13. The highest BCUT2D eigenvalue weighted by Crippen LogP contribution is 2.29. The molecule has 11 heteroatoms. The molecule has 0 radical (unpaired) electrons. The number of amides is 1. The summed E-state index contributed by atoms with van der Waals surface area (Å²) in [4.78, 5) is 17.4. The smallest absolute Gasteiger partial charge is 0.305 e. The number of aromatic amines is 1. The van der Waals surface area contributed by atoms with E-state index in [1.54, 1.807) is 13.0 Å². The van der Waals surface area contributed by atoms with E-state index in [0.29, 0.717) is 11.5 Å². The lowest BCUT2D eigenvalue weighted by Gasteiger charge is -2.08. The minimum absolute atomic E-state index is 0.175. The average molecular weight is 418 g/mol. The van der Waals surface area contributed by atoms with Gasteiger partial charge in [0, 0.05) is 12.3 Å². The van der Waals surface area contributed by atoms with E-state index in [0.717, 1.165) is 22.8 Å². The number of hydrogen-bond acceptors (Lipinski definition) is 5. The molecule has 0 saturated heterocycles. The van der Waals surface area contributed by atoms with Crippen molar-refractivity contribution in [3.8, 4) is 16.4 Å². The monoisotopic (exact) mass is 418 g/mol. The van der Waals surface area contributed by atoms with E-state index in [1.807, 2.05) is 17.5 Å². The van der Waals surface area contributed by atoms with E-state index in [1.165, 1.54) is 28.3 Å². The number of alkyl halides is 3. The van der Waals surface area contributed by atoms with Crippen LogP contribution in [0, 0.1) is 6.92 Å². The van der Waals surface area contributed by atoms with Crippen molar-refractivity contribution in [2.75, 3.05) is 5.32 Å². The molecule has 0 fully saturated rings. The molecule has 0 bridgehead atoms. The van der Waals surface area contributed by atoms with Gasteiger partial charge in [-0.1, -0.05) is 6.07 Å². The molecule has 0 atom stereocenters. The normalized spacial score (nSPS) is 11.6. The minimum atomic E-state index is -4.47. The zero-order valence-corrected chi connectivity index (χ0v) is 15.7. The van der Waals surface area contributed by atoms with Crippen molar-refractivity contribution in [3.63, 3.8) is 0 Å². The van der Waals surface area contributed by atoms with Gasteiger partial charge in [-0.2, -0.15) is 23.4 Å². The number of thiophene rings is 1. The van der Waals surface area contributed by atoms with E-state index >= 15 is 0 Å². The second kappa shape index (κ2) is 7.17. The highest BCUT2D eigenvalue weighted by molar-refractivity contribution is 7.13. The summed E-state index contributed by atoms with van der Waals surface area (Å²) in [5, 5.41) is 15.6. The third-order valence-electron chi connectivity index (χ3n) is 4.15. The van der Waals surface area contributed by atoms with Crippen molar-refractivity contribution in [2.24, 2.45) is 0 Å². The van der Waals surface area contributed by atoms with Crippen LogP contribution >= 0.6 is 11.3 Å². The standard InChI is InChI=1S/C18H13F3N6OS/c1-10-12(9-23-27(10)16-5-4-11(8-22-16)18(19,20)21)17(28)24-15-7-13(25-26-15)14-3-2-6-29-14/h2-9H,1H3,(H2,24,25,26,28). The Morgan fingerprint density at radius 2 is 2.07 bits per heavy atom. The third-order valence-corrected chi connectivity index (χ3v) is 5.06. The molecule has 1 amide bonds. The van der Waals surface area contributed by atoms with Gasteiger partial charge in [0.05, 0.1) is 33.6 Å². The topological polar surface area (TPSA) is 88.5 Å². The summed E-state index contributed by atoms with van der Waals surface area (Å²) in [5.74, 6) is 0.0809. The fraction of sp³-hybridized carbons (Fsp3) is 0.111. The largest absolute Gasteiger partial charge is 0.417 e. The minimum Gasteiger partial charge on any atom is -0.305 e. The van der Waals surface area contributed by atoms with Crippen molar-refractivity contribution in [1.29, 1.82) is 0 Å². The average Bonchev–Trinajstić information content (AvgIpc) is 3.41. The van der Waals surface area contributed by atoms with Crippen molar-refractivity contribution in [1.82, 2.24) is 25.0 Å². The summed E-state index contributed by atoms with van der Waals surface area (Å²) in [6, 6.07) is 7.66. The summed E-state index contributed by atoms with van der Waals surface area (Å²) in [6.07, 6.45) is -2.41. The Morgan fingerprint density at radius 1 is 1.24 bits per heavy atom. The van der Waals surface area contributed by atoms with Gasteiger partial charge in [-0.05, 0) is 30.5 Å². The summed E-state index contributed by atoms with van der Waals surface area (Å²) in [5.41, 5.74) is 0.608. The lowest BCUT2D eigenvalue weighted by molar-refractivity contribution is -0.137. The summed E-state index contributed by atoms with van der Waals surface area (Å²) >= 11 is 1.54. The van der Waals surface area contributed by atoms with Crippen LogP contribution in [-0.2, 0) is 6.18 Å². The fourth-order valence-electron chi connectivity index (χ4n) is 2.67. The molecule has 0 aliphatic heterocycles. The summed E-state index contributed by atoms with van der Waals surface area (Å²) in [6.45, 7) is 1.63. The van der Waals surface area contributed by atoms with Crippen LogP contribution < -0.4 is 5.32 Å². The number of nitrogens with one attached hydrogen (secondary N) is 2. The maximum Gasteiger partial charge on any atom is 0.417 e. The van der Waals surface area contributed by atoms with Crippen LogP contribution in [0.5, 0.6) is 0 Å². The molecular weight excluding hydrogens is 405 g/mol. The van der Waals surface area contributed by atoms with Crippen LogP contribution in [0.15, 0.2) is 48.1 Å². The molecule has 4 aromatic rings. The SMILES string of the molecule is Cc1c(C(=O)Nc2cc(-c3cccs3)[nH]n2)cnn1-c1ccc(C(F)(F)F)cn1. The number of pyridine rings is 1. The van der Waals surface area contributed by atoms with Gasteiger partial charge in [-0.15, -0.1) is 11.3 Å². The van der Waals surface area contributed by atoms with Gasteiger partial charge < -0.3 is 5.32 Å². The van der Waals surface area contributed by atoms with E-state index in [9.17, 15) is 18.0 Å². The Hall–Kier alpha value is -3.47. The molecule has 4 aromatic heterocycles. The van der Waals surface area contributed by atoms with Gasteiger partial charge in [0.2, 0.25) is 0 Å². The van der Waals surface area contributed by atoms with Crippen LogP contribution in [-0.4, -0.2) is 30.9 Å². The Balaban J connectivity index is 1.53. The van der Waals surface area contributed by atoms with Crippen molar-refractivity contribution < 1.29 is 18.0 Å². The number of rotatable bonds is 4. The predicted molar refractivity (Wildman–Crippen MR) is 101 cm³/mol. The Labute approximate surface area is 166 Å². The number of carbonyl (C=O) groups excluding carboxylic acids is 1. The zero-order chi connectivity index (χ0) is 20.6. The second-order valence-corrected chi connectivity index (χ2v) is 7.00. The predicted octanol–water partition coefficient (Wildman–Crippen LogP) is 4.30. The van der Waals surface area contributed by atoms with E-state index in [-0.39, 0.29) is 11.4 Å². The number of anilines is 1. The second-order valence-electron chi connectivity index (χ2n) is 6.06. The Kier molecular flexibility index (Phi) is 4.66. The summed E-state index contributed by atoms with van der Waals surface area (Å²) in [7, 11) is 0. The van der Waals surface area contributed by atoms with Crippen LogP contribution in [0.3, 0.4) is 0 Å². The van der Waals surface area contributed by atoms with Gasteiger partial charge >= 0.3 is 6.18 Å². The van der Waals surface area contributed by atoms with Crippen LogP contribution in [0.1, 0.15) is 21.6 Å². The lowest BCUT2D eigenvalue weighted by atomic mass is 10.2. The van der Waals surface area contributed by atoms with Crippen molar-refractivity contribution in [2.45, 2.75) is 13.1 Å². The molecule has 2 N–H and O–H groups in total. The highest BCUT2D eigenvalue weighted by atomic mass is 32.1. The highest BCUT2D eigenvalue weighted by Gasteiger charge is 2.30. The first kappa shape index (κ1) is 18.9. The zero-order valence-electron chi connectivity index (χ0n) is 14.9. The fourth-order valence-corrected chi connectivity index (χ4v) is 3.36. The van der Waals surface area contributed by atoms with Gasteiger partial charge in [0.15, 0.2) is 11.6 Å².